The smallest absolute Gasteiger partial charge is 0.311 e. The molecule has 0 bridgehead atoms. The molecule has 1 N–H and O–H groups in total. The molecule has 0 amide bonds. The van der Waals surface area contributed by atoms with Crippen molar-refractivity contribution in [1.82, 2.24) is 0 Å². The fourth-order valence-corrected chi connectivity index (χ4v) is 2.63. The van der Waals surface area contributed by atoms with Crippen molar-refractivity contribution in [2.24, 2.45) is 0 Å². The van der Waals surface area contributed by atoms with Crippen LogP contribution in [0.5, 0.6) is 11.5 Å². The Morgan fingerprint density at radius 1 is 1.22 bits per heavy atom. The Labute approximate surface area is 136 Å². The predicted octanol–water partition coefficient (Wildman–Crippen LogP) is 3.81. The number of aliphatic carboxylic acids is 1. The van der Waals surface area contributed by atoms with E-state index in [1.165, 1.54) is 0 Å². The summed E-state index contributed by atoms with van der Waals surface area (Å²) in [6, 6.07) is 13.1. The summed E-state index contributed by atoms with van der Waals surface area (Å²) in [6.45, 7) is 4.42. The van der Waals surface area contributed by atoms with E-state index in [1.807, 2.05) is 56.3 Å². The van der Waals surface area contributed by atoms with Gasteiger partial charge in [0.05, 0.1) is 19.6 Å². The standard InChI is InChI=1S/C19H22O4/c1-4-23-16-7-5-6-14(11-16)12-17(19(20)21)15-8-9-18(22-3)13(2)10-15/h5-11,17H,4,12H2,1-3H3,(H,20,21). The number of rotatable bonds is 7. The lowest BCUT2D eigenvalue weighted by atomic mass is 9.91. The molecule has 0 aliphatic rings. The fraction of sp³-hybridized carbons (Fsp3) is 0.316. The van der Waals surface area contributed by atoms with Crippen LogP contribution in [0.3, 0.4) is 0 Å². The number of carboxylic acid groups (broad SMARTS) is 1. The second-order valence-corrected chi connectivity index (χ2v) is 5.40. The number of aryl methyl sites for hydroxylation is 1. The summed E-state index contributed by atoms with van der Waals surface area (Å²) in [4.78, 5) is 11.7. The molecule has 23 heavy (non-hydrogen) atoms. The average Bonchev–Trinajstić information content (AvgIpc) is 2.53. The highest BCUT2D eigenvalue weighted by Crippen LogP contribution is 2.27. The Morgan fingerprint density at radius 3 is 2.61 bits per heavy atom. The molecular weight excluding hydrogens is 292 g/mol. The summed E-state index contributed by atoms with van der Waals surface area (Å²) in [5.74, 6) is 0.0872. The second-order valence-electron chi connectivity index (χ2n) is 5.40. The van der Waals surface area contributed by atoms with Gasteiger partial charge < -0.3 is 14.6 Å². The van der Waals surface area contributed by atoms with E-state index >= 15 is 0 Å². The zero-order valence-corrected chi connectivity index (χ0v) is 13.7. The largest absolute Gasteiger partial charge is 0.496 e. The number of ether oxygens (including phenoxy) is 2. The van der Waals surface area contributed by atoms with E-state index < -0.39 is 11.9 Å². The zero-order chi connectivity index (χ0) is 16.8. The second kappa shape index (κ2) is 7.68. The van der Waals surface area contributed by atoms with Gasteiger partial charge in [0.2, 0.25) is 0 Å². The maximum atomic E-state index is 11.7. The van der Waals surface area contributed by atoms with E-state index in [2.05, 4.69) is 0 Å². The van der Waals surface area contributed by atoms with Crippen LogP contribution >= 0.6 is 0 Å². The maximum Gasteiger partial charge on any atom is 0.311 e. The van der Waals surface area contributed by atoms with Crippen LogP contribution in [0, 0.1) is 6.92 Å². The third-order valence-corrected chi connectivity index (χ3v) is 3.77. The Kier molecular flexibility index (Phi) is 5.63. The first-order valence-electron chi connectivity index (χ1n) is 7.64. The molecule has 2 aromatic rings. The summed E-state index contributed by atoms with van der Waals surface area (Å²) >= 11 is 0. The van der Waals surface area contributed by atoms with Crippen molar-refractivity contribution in [1.29, 1.82) is 0 Å². The third kappa shape index (κ3) is 4.25. The van der Waals surface area contributed by atoms with Gasteiger partial charge in [-0.1, -0.05) is 24.3 Å². The van der Waals surface area contributed by atoms with E-state index in [0.717, 1.165) is 28.2 Å². The molecule has 2 rings (SSSR count). The molecule has 1 atom stereocenters. The molecule has 0 saturated heterocycles. The van der Waals surface area contributed by atoms with Crippen LogP contribution in [0.25, 0.3) is 0 Å². The van der Waals surface area contributed by atoms with Crippen LogP contribution < -0.4 is 9.47 Å². The highest BCUT2D eigenvalue weighted by molar-refractivity contribution is 5.76. The molecule has 0 aliphatic carbocycles. The van der Waals surface area contributed by atoms with Crippen molar-refractivity contribution in [3.8, 4) is 11.5 Å². The SMILES string of the molecule is CCOc1cccc(CC(C(=O)O)c2ccc(OC)c(C)c2)c1. The van der Waals surface area contributed by atoms with Crippen molar-refractivity contribution in [3.05, 3.63) is 59.2 Å². The van der Waals surface area contributed by atoms with E-state index in [9.17, 15) is 9.90 Å². The fourth-order valence-electron chi connectivity index (χ4n) is 2.63. The number of carbonyl (C=O) groups is 1. The van der Waals surface area contributed by atoms with Crippen molar-refractivity contribution < 1.29 is 19.4 Å². The lowest BCUT2D eigenvalue weighted by molar-refractivity contribution is -0.138. The van der Waals surface area contributed by atoms with Gasteiger partial charge in [-0.3, -0.25) is 4.79 Å². The summed E-state index contributed by atoms with van der Waals surface area (Å²) < 4.78 is 10.7. The summed E-state index contributed by atoms with van der Waals surface area (Å²) in [5, 5.41) is 9.62. The number of benzene rings is 2. The molecular formula is C19H22O4. The molecule has 4 nitrogen and oxygen atoms in total. The van der Waals surface area contributed by atoms with E-state index in [0.29, 0.717) is 13.0 Å². The van der Waals surface area contributed by atoms with Gasteiger partial charge in [0.25, 0.3) is 0 Å². The minimum Gasteiger partial charge on any atom is -0.496 e. The third-order valence-electron chi connectivity index (χ3n) is 3.77. The van der Waals surface area contributed by atoms with Crippen LogP contribution in [0.1, 0.15) is 29.5 Å². The molecule has 0 aliphatic heterocycles. The molecule has 0 radical (unpaired) electrons. The molecule has 0 saturated carbocycles. The summed E-state index contributed by atoms with van der Waals surface area (Å²) in [5.41, 5.74) is 2.65. The number of hydrogen-bond donors (Lipinski definition) is 1. The van der Waals surface area contributed by atoms with Crippen molar-refractivity contribution >= 4 is 5.97 Å². The van der Waals surface area contributed by atoms with E-state index in [1.54, 1.807) is 7.11 Å². The van der Waals surface area contributed by atoms with Gasteiger partial charge in [0, 0.05) is 0 Å². The monoisotopic (exact) mass is 314 g/mol. The Bertz CT molecular complexity index is 679. The van der Waals surface area contributed by atoms with Gasteiger partial charge in [-0.05, 0) is 55.2 Å². The van der Waals surface area contributed by atoms with Gasteiger partial charge in [0.1, 0.15) is 11.5 Å². The molecule has 0 fully saturated rings. The molecule has 2 aromatic carbocycles. The lowest BCUT2D eigenvalue weighted by Gasteiger charge is -2.15. The van der Waals surface area contributed by atoms with Gasteiger partial charge in [-0.25, -0.2) is 0 Å². The Morgan fingerprint density at radius 2 is 2.00 bits per heavy atom. The van der Waals surface area contributed by atoms with Crippen LogP contribution in [0.4, 0.5) is 0 Å². The quantitative estimate of drug-likeness (QED) is 0.844. The predicted molar refractivity (Wildman–Crippen MR) is 89.4 cm³/mol. The molecule has 1 unspecified atom stereocenters. The number of methoxy groups -OCH3 is 1. The van der Waals surface area contributed by atoms with Gasteiger partial charge in [-0.2, -0.15) is 0 Å². The highest BCUT2D eigenvalue weighted by Gasteiger charge is 2.21. The van der Waals surface area contributed by atoms with Crippen molar-refractivity contribution in [3.63, 3.8) is 0 Å². The van der Waals surface area contributed by atoms with E-state index in [4.69, 9.17) is 9.47 Å². The first-order chi connectivity index (χ1) is 11.0. The van der Waals surface area contributed by atoms with Crippen LogP contribution in [0.15, 0.2) is 42.5 Å². The number of carboxylic acids is 1. The number of hydrogen-bond acceptors (Lipinski definition) is 3. The summed E-state index contributed by atoms with van der Waals surface area (Å²) in [7, 11) is 1.61. The van der Waals surface area contributed by atoms with Gasteiger partial charge >= 0.3 is 5.97 Å². The maximum absolute atomic E-state index is 11.7. The normalized spacial score (nSPS) is 11.8. The first kappa shape index (κ1) is 16.9. The Balaban J connectivity index is 2.27. The molecule has 0 spiro atoms. The van der Waals surface area contributed by atoms with Crippen LogP contribution in [-0.2, 0) is 11.2 Å². The molecule has 0 aromatic heterocycles. The Hall–Kier alpha value is -2.49. The molecule has 0 heterocycles. The molecule has 122 valence electrons. The average molecular weight is 314 g/mol. The van der Waals surface area contributed by atoms with Gasteiger partial charge in [0.15, 0.2) is 0 Å². The van der Waals surface area contributed by atoms with Crippen molar-refractivity contribution in [2.45, 2.75) is 26.2 Å². The zero-order valence-electron chi connectivity index (χ0n) is 13.7. The van der Waals surface area contributed by atoms with Gasteiger partial charge in [-0.15, -0.1) is 0 Å². The minimum atomic E-state index is -0.837. The van der Waals surface area contributed by atoms with Crippen LogP contribution in [0.2, 0.25) is 0 Å². The van der Waals surface area contributed by atoms with Crippen LogP contribution in [-0.4, -0.2) is 24.8 Å². The molecule has 4 heteroatoms. The van der Waals surface area contributed by atoms with Crippen molar-refractivity contribution in [2.75, 3.05) is 13.7 Å². The summed E-state index contributed by atoms with van der Waals surface area (Å²) in [6.07, 6.45) is 0.419. The topological polar surface area (TPSA) is 55.8 Å². The highest BCUT2D eigenvalue weighted by atomic mass is 16.5. The first-order valence-corrected chi connectivity index (χ1v) is 7.64. The van der Waals surface area contributed by atoms with E-state index in [-0.39, 0.29) is 0 Å². The minimum absolute atomic E-state index is 0.419. The lowest BCUT2D eigenvalue weighted by Crippen LogP contribution is -2.14.